The van der Waals surface area contributed by atoms with E-state index in [-0.39, 0.29) is 18.6 Å². The molecule has 1 aliphatic rings. The summed E-state index contributed by atoms with van der Waals surface area (Å²) in [6, 6.07) is -0.0283. The Hall–Kier alpha value is -1.43. The molecular formula is C13H21N3O3. The van der Waals surface area contributed by atoms with E-state index in [4.69, 9.17) is 4.52 Å². The third-order valence-corrected chi connectivity index (χ3v) is 3.53. The first-order valence-electron chi connectivity index (χ1n) is 6.90. The highest BCUT2D eigenvalue weighted by Gasteiger charge is 2.24. The Labute approximate surface area is 112 Å². The number of hydrogen-bond donors (Lipinski definition) is 1. The molecule has 106 valence electrons. The van der Waals surface area contributed by atoms with Crippen LogP contribution in [0.2, 0.25) is 0 Å². The molecule has 0 aliphatic carbocycles. The van der Waals surface area contributed by atoms with Crippen molar-refractivity contribution in [2.45, 2.75) is 51.5 Å². The smallest absolute Gasteiger partial charge is 0.227 e. The van der Waals surface area contributed by atoms with Gasteiger partial charge in [-0.05, 0) is 19.8 Å². The average molecular weight is 267 g/mol. The molecule has 1 atom stereocenters. The Balaban J connectivity index is 1.89. The lowest BCUT2D eigenvalue weighted by molar-refractivity contribution is -0.134. The predicted octanol–water partition coefficient (Wildman–Crippen LogP) is 1.07. The van der Waals surface area contributed by atoms with Gasteiger partial charge in [-0.1, -0.05) is 18.0 Å². The second-order valence-electron chi connectivity index (χ2n) is 5.01. The fourth-order valence-electron chi connectivity index (χ4n) is 2.49. The average Bonchev–Trinajstić information content (AvgIpc) is 2.69. The number of aliphatic hydroxyl groups excluding tert-OH is 1. The molecule has 19 heavy (non-hydrogen) atoms. The number of amides is 1. The van der Waals surface area contributed by atoms with Gasteiger partial charge >= 0.3 is 0 Å². The fourth-order valence-corrected chi connectivity index (χ4v) is 2.49. The highest BCUT2D eigenvalue weighted by atomic mass is 16.5. The lowest BCUT2D eigenvalue weighted by atomic mass is 10.1. The van der Waals surface area contributed by atoms with Crippen LogP contribution in [0.25, 0.3) is 0 Å². The predicted molar refractivity (Wildman–Crippen MR) is 68.4 cm³/mol. The van der Waals surface area contributed by atoms with Gasteiger partial charge in [0.2, 0.25) is 11.8 Å². The highest BCUT2D eigenvalue weighted by Crippen LogP contribution is 2.18. The number of nitrogens with zero attached hydrogens (tertiary/aromatic N) is 3. The minimum absolute atomic E-state index is 0.0283. The van der Waals surface area contributed by atoms with E-state index < -0.39 is 0 Å². The molecule has 1 unspecified atom stereocenters. The van der Waals surface area contributed by atoms with Crippen molar-refractivity contribution >= 4 is 5.91 Å². The van der Waals surface area contributed by atoms with Crippen molar-refractivity contribution in [2.24, 2.45) is 0 Å². The van der Waals surface area contributed by atoms with Crippen LogP contribution in [0.3, 0.4) is 0 Å². The first kappa shape index (κ1) is 14.0. The third kappa shape index (κ3) is 3.76. The number of hydrogen-bond acceptors (Lipinski definition) is 5. The molecule has 1 aliphatic heterocycles. The number of aryl methyl sites for hydroxylation is 2. The topological polar surface area (TPSA) is 79.5 Å². The minimum atomic E-state index is -0.0283. The summed E-state index contributed by atoms with van der Waals surface area (Å²) in [5, 5.41) is 13.1. The summed E-state index contributed by atoms with van der Waals surface area (Å²) in [5.74, 6) is 1.16. The molecule has 0 saturated carbocycles. The molecule has 0 aromatic carbocycles. The van der Waals surface area contributed by atoms with Crippen molar-refractivity contribution in [3.63, 3.8) is 0 Å². The van der Waals surface area contributed by atoms with Gasteiger partial charge < -0.3 is 14.5 Å². The van der Waals surface area contributed by atoms with E-state index in [2.05, 4.69) is 10.1 Å². The van der Waals surface area contributed by atoms with Crippen LogP contribution >= 0.6 is 0 Å². The quantitative estimate of drug-likeness (QED) is 0.882. The van der Waals surface area contributed by atoms with Crippen LogP contribution in [0, 0.1) is 6.92 Å². The molecule has 0 spiro atoms. The maximum Gasteiger partial charge on any atom is 0.227 e. The van der Waals surface area contributed by atoms with Crippen LogP contribution in [-0.2, 0) is 11.2 Å². The van der Waals surface area contributed by atoms with Gasteiger partial charge in [-0.3, -0.25) is 4.79 Å². The van der Waals surface area contributed by atoms with Crippen LogP contribution in [0.1, 0.15) is 43.8 Å². The van der Waals surface area contributed by atoms with E-state index in [1.807, 2.05) is 4.90 Å². The number of aliphatic hydroxyl groups is 1. The highest BCUT2D eigenvalue weighted by molar-refractivity contribution is 5.76. The van der Waals surface area contributed by atoms with Gasteiger partial charge in [0.15, 0.2) is 5.82 Å². The SMILES string of the molecule is Cc1noc(CCC(=O)N2CCCCCC2CO)n1. The van der Waals surface area contributed by atoms with Crippen LogP contribution in [0.15, 0.2) is 4.52 Å². The van der Waals surface area contributed by atoms with Crippen LogP contribution in [-0.4, -0.2) is 45.2 Å². The number of likely N-dealkylation sites (tertiary alicyclic amines) is 1. The Kier molecular flexibility index (Phi) is 4.90. The zero-order valence-electron chi connectivity index (χ0n) is 11.3. The fraction of sp³-hybridized carbons (Fsp3) is 0.769. The molecule has 6 heteroatoms. The zero-order chi connectivity index (χ0) is 13.7. The molecule has 1 aromatic heterocycles. The zero-order valence-corrected chi connectivity index (χ0v) is 11.3. The molecule has 2 rings (SSSR count). The van der Waals surface area contributed by atoms with E-state index >= 15 is 0 Å². The summed E-state index contributed by atoms with van der Waals surface area (Å²) in [5.41, 5.74) is 0. The maximum atomic E-state index is 12.2. The van der Waals surface area contributed by atoms with E-state index in [1.54, 1.807) is 6.92 Å². The Morgan fingerprint density at radius 3 is 3.00 bits per heavy atom. The number of rotatable bonds is 4. The number of carbonyl (C=O) groups excluding carboxylic acids is 1. The maximum absolute atomic E-state index is 12.2. The van der Waals surface area contributed by atoms with Gasteiger partial charge in [0.25, 0.3) is 0 Å². The third-order valence-electron chi connectivity index (χ3n) is 3.53. The van der Waals surface area contributed by atoms with E-state index in [1.165, 1.54) is 0 Å². The van der Waals surface area contributed by atoms with Gasteiger partial charge in [-0.25, -0.2) is 0 Å². The first-order valence-corrected chi connectivity index (χ1v) is 6.90. The standard InChI is InChI=1S/C13H21N3O3/c1-10-14-12(19-15-10)6-7-13(18)16-8-4-2-3-5-11(16)9-17/h11,17H,2-9H2,1H3. The van der Waals surface area contributed by atoms with Crippen molar-refractivity contribution < 1.29 is 14.4 Å². The van der Waals surface area contributed by atoms with Crippen molar-refractivity contribution in [3.05, 3.63) is 11.7 Å². The van der Waals surface area contributed by atoms with Crippen molar-refractivity contribution in [1.82, 2.24) is 15.0 Å². The molecule has 1 aromatic rings. The summed E-state index contributed by atoms with van der Waals surface area (Å²) in [6.07, 6.45) is 4.94. The lowest BCUT2D eigenvalue weighted by Crippen LogP contribution is -2.42. The van der Waals surface area contributed by atoms with E-state index in [0.717, 1.165) is 32.2 Å². The molecule has 0 bridgehead atoms. The molecule has 0 radical (unpaired) electrons. The normalized spacial score (nSPS) is 20.3. The monoisotopic (exact) mass is 267 g/mol. The Morgan fingerprint density at radius 1 is 1.47 bits per heavy atom. The first-order chi connectivity index (χ1) is 9.20. The van der Waals surface area contributed by atoms with E-state index in [0.29, 0.717) is 24.6 Å². The molecule has 1 amide bonds. The summed E-state index contributed by atoms with van der Waals surface area (Å²) >= 11 is 0. The second kappa shape index (κ2) is 6.65. The summed E-state index contributed by atoms with van der Waals surface area (Å²) in [6.45, 7) is 2.55. The largest absolute Gasteiger partial charge is 0.394 e. The number of carbonyl (C=O) groups is 1. The Morgan fingerprint density at radius 2 is 2.32 bits per heavy atom. The molecule has 2 heterocycles. The Bertz CT molecular complexity index is 419. The summed E-state index contributed by atoms with van der Waals surface area (Å²) < 4.78 is 5.00. The van der Waals surface area contributed by atoms with Gasteiger partial charge in [0, 0.05) is 19.4 Å². The molecular weight excluding hydrogens is 246 g/mol. The minimum Gasteiger partial charge on any atom is -0.394 e. The molecule has 1 saturated heterocycles. The van der Waals surface area contributed by atoms with Crippen molar-refractivity contribution in [3.8, 4) is 0 Å². The number of aromatic nitrogens is 2. The summed E-state index contributed by atoms with van der Waals surface area (Å²) in [4.78, 5) is 18.1. The molecule has 1 N–H and O–H groups in total. The van der Waals surface area contributed by atoms with Crippen molar-refractivity contribution in [2.75, 3.05) is 13.2 Å². The van der Waals surface area contributed by atoms with Gasteiger partial charge in [-0.15, -0.1) is 0 Å². The van der Waals surface area contributed by atoms with Crippen LogP contribution in [0.5, 0.6) is 0 Å². The second-order valence-corrected chi connectivity index (χ2v) is 5.01. The van der Waals surface area contributed by atoms with Gasteiger partial charge in [-0.2, -0.15) is 4.98 Å². The van der Waals surface area contributed by atoms with E-state index in [9.17, 15) is 9.90 Å². The van der Waals surface area contributed by atoms with Crippen molar-refractivity contribution in [1.29, 1.82) is 0 Å². The van der Waals surface area contributed by atoms with Gasteiger partial charge in [0.1, 0.15) is 0 Å². The van der Waals surface area contributed by atoms with Crippen LogP contribution < -0.4 is 0 Å². The van der Waals surface area contributed by atoms with Gasteiger partial charge in [0.05, 0.1) is 12.6 Å². The summed E-state index contributed by atoms with van der Waals surface area (Å²) in [7, 11) is 0. The molecule has 6 nitrogen and oxygen atoms in total. The molecule has 1 fully saturated rings. The van der Waals surface area contributed by atoms with Crippen LogP contribution in [0.4, 0.5) is 0 Å². The lowest BCUT2D eigenvalue weighted by Gasteiger charge is -2.28.